The summed E-state index contributed by atoms with van der Waals surface area (Å²) in [6, 6.07) is 0. The summed E-state index contributed by atoms with van der Waals surface area (Å²) in [5.74, 6) is 0. The lowest BCUT2D eigenvalue weighted by Crippen LogP contribution is -1.67. The summed E-state index contributed by atoms with van der Waals surface area (Å²) in [4.78, 5) is 0. The van der Waals surface area contributed by atoms with Gasteiger partial charge in [-0.2, -0.15) is 0 Å². The maximum absolute atomic E-state index is 2.26. The van der Waals surface area contributed by atoms with Crippen LogP contribution in [0.3, 0.4) is 0 Å². The minimum Gasteiger partial charge on any atom is -0.0658 e. The Bertz CT molecular complexity index is 136. The number of rotatable bonds is 0. The molecule has 0 nitrogen and oxygen atoms in total. The van der Waals surface area contributed by atoms with Gasteiger partial charge in [-0.1, -0.05) is 23.3 Å². The first kappa shape index (κ1) is 5.96. The molecule has 0 unspecified atom stereocenters. The highest BCUT2D eigenvalue weighted by atomic mass is 32.1. The van der Waals surface area contributed by atoms with E-state index in [9.17, 15) is 0 Å². The van der Waals surface area contributed by atoms with E-state index in [-0.39, 0.29) is 13.5 Å². The molecule has 42 valence electrons. The van der Waals surface area contributed by atoms with Gasteiger partial charge in [-0.25, -0.2) is 0 Å². The van der Waals surface area contributed by atoms with E-state index in [0.29, 0.717) is 0 Å². The van der Waals surface area contributed by atoms with Crippen LogP contribution in [0.5, 0.6) is 0 Å². The van der Waals surface area contributed by atoms with E-state index in [2.05, 4.69) is 12.2 Å². The lowest BCUT2D eigenvalue weighted by molar-refractivity contribution is 1.04. The molecule has 1 saturated carbocycles. The molecule has 2 aliphatic carbocycles. The highest BCUT2D eigenvalue weighted by Crippen LogP contribution is 2.34. The number of allylic oxidation sites excluding steroid dienone is 4. The zero-order valence-corrected chi connectivity index (χ0v) is 5.50. The van der Waals surface area contributed by atoms with Crippen LogP contribution in [0.25, 0.3) is 0 Å². The molecule has 0 amide bonds. The molecule has 0 atom stereocenters. The Labute approximate surface area is 56.7 Å². The van der Waals surface area contributed by atoms with Crippen LogP contribution in [-0.4, -0.2) is 0 Å². The second-order valence-electron chi connectivity index (χ2n) is 2.33. The van der Waals surface area contributed by atoms with Gasteiger partial charge in [-0.05, 0) is 19.3 Å². The molecule has 1 heteroatoms. The van der Waals surface area contributed by atoms with Crippen LogP contribution in [0.15, 0.2) is 23.3 Å². The van der Waals surface area contributed by atoms with Gasteiger partial charge >= 0.3 is 0 Å². The van der Waals surface area contributed by atoms with Crippen LogP contribution < -0.4 is 0 Å². The van der Waals surface area contributed by atoms with Gasteiger partial charge in [0.15, 0.2) is 0 Å². The molecule has 0 aromatic rings. The Kier molecular flexibility index (Phi) is 1.47. The number of hydrogen-bond acceptors (Lipinski definition) is 0. The predicted octanol–water partition coefficient (Wildman–Crippen LogP) is 2.68. The van der Waals surface area contributed by atoms with E-state index >= 15 is 0 Å². The van der Waals surface area contributed by atoms with Gasteiger partial charge in [-0.3, -0.25) is 0 Å². The molecule has 2 aliphatic rings. The van der Waals surface area contributed by atoms with Gasteiger partial charge in [0.05, 0.1) is 0 Å². The van der Waals surface area contributed by atoms with E-state index in [0.717, 1.165) is 0 Å². The highest BCUT2D eigenvalue weighted by Gasteiger charge is 2.14. The zero-order chi connectivity index (χ0) is 4.69. The normalized spacial score (nSPS) is 22.0. The molecule has 0 saturated heterocycles. The number of hydrogen-bond donors (Lipinski definition) is 0. The summed E-state index contributed by atoms with van der Waals surface area (Å²) in [7, 11) is 0. The molecule has 1 fully saturated rings. The van der Waals surface area contributed by atoms with Gasteiger partial charge in [0.1, 0.15) is 0 Å². The molecule has 2 rings (SSSR count). The van der Waals surface area contributed by atoms with E-state index in [4.69, 9.17) is 0 Å². The van der Waals surface area contributed by atoms with Crippen LogP contribution in [0.4, 0.5) is 0 Å². The largest absolute Gasteiger partial charge is 0.0658 e. The monoisotopic (exact) mass is 124 g/mol. The van der Waals surface area contributed by atoms with E-state index in [1.54, 1.807) is 11.1 Å². The molecule has 2 radical (unpaired) electrons. The van der Waals surface area contributed by atoms with Crippen molar-refractivity contribution < 1.29 is 0 Å². The second-order valence-corrected chi connectivity index (χ2v) is 2.33. The maximum atomic E-state index is 2.26. The molecule has 0 aromatic heterocycles. The fourth-order valence-electron chi connectivity index (χ4n) is 1.31. The van der Waals surface area contributed by atoms with Crippen molar-refractivity contribution in [1.29, 1.82) is 0 Å². The van der Waals surface area contributed by atoms with E-state index in [1.807, 2.05) is 0 Å². The summed E-state index contributed by atoms with van der Waals surface area (Å²) in [5, 5.41) is 0. The summed E-state index contributed by atoms with van der Waals surface area (Å²) in [6.45, 7) is 0. The van der Waals surface area contributed by atoms with Crippen molar-refractivity contribution in [3.05, 3.63) is 23.3 Å². The van der Waals surface area contributed by atoms with Crippen molar-refractivity contribution >= 4 is 13.5 Å². The highest BCUT2D eigenvalue weighted by molar-refractivity contribution is 7.59. The van der Waals surface area contributed by atoms with Gasteiger partial charge < -0.3 is 0 Å². The number of fused-ring (bicyclic) bond motifs is 2. The Balaban J connectivity index is 0.000000320. The molecular formula is C7H8S. The van der Waals surface area contributed by atoms with Crippen molar-refractivity contribution in [2.75, 3.05) is 0 Å². The van der Waals surface area contributed by atoms with Crippen LogP contribution in [0.1, 0.15) is 19.3 Å². The average molecular weight is 124 g/mol. The Morgan fingerprint density at radius 3 is 1.62 bits per heavy atom. The Hall–Kier alpha value is -0.170. The van der Waals surface area contributed by atoms with Crippen molar-refractivity contribution in [3.63, 3.8) is 0 Å². The van der Waals surface area contributed by atoms with Crippen molar-refractivity contribution in [1.82, 2.24) is 0 Å². The van der Waals surface area contributed by atoms with E-state index in [1.165, 1.54) is 19.3 Å². The average Bonchev–Trinajstić information content (AvgIpc) is 2.22. The van der Waals surface area contributed by atoms with Crippen LogP contribution >= 0.6 is 13.5 Å². The standard InChI is InChI=1S/C7H8.S/c1-2-7-4-3-6(1)5-7;/h1-2H,3-5H2;. The molecule has 0 heterocycles. The topological polar surface area (TPSA) is 0 Å². The second kappa shape index (κ2) is 1.98. The fourth-order valence-corrected chi connectivity index (χ4v) is 1.31. The van der Waals surface area contributed by atoms with Crippen molar-refractivity contribution in [2.24, 2.45) is 0 Å². The van der Waals surface area contributed by atoms with Gasteiger partial charge in [-0.15, -0.1) is 0 Å². The summed E-state index contributed by atoms with van der Waals surface area (Å²) in [5.41, 5.74) is 3.30. The van der Waals surface area contributed by atoms with Crippen LogP contribution in [0.2, 0.25) is 0 Å². The van der Waals surface area contributed by atoms with Gasteiger partial charge in [0.2, 0.25) is 0 Å². The molecule has 0 spiro atoms. The van der Waals surface area contributed by atoms with Gasteiger partial charge in [0, 0.05) is 13.5 Å². The first-order valence-corrected chi connectivity index (χ1v) is 2.82. The zero-order valence-electron chi connectivity index (χ0n) is 4.68. The molecule has 8 heavy (non-hydrogen) atoms. The lowest BCUT2D eigenvalue weighted by atomic mass is 10.2. The quantitative estimate of drug-likeness (QED) is 0.465. The first-order chi connectivity index (χ1) is 3.45. The molecule has 2 bridgehead atoms. The third kappa shape index (κ3) is 0.711. The van der Waals surface area contributed by atoms with Crippen molar-refractivity contribution in [2.45, 2.75) is 19.3 Å². The van der Waals surface area contributed by atoms with Crippen molar-refractivity contribution in [3.8, 4) is 0 Å². The summed E-state index contributed by atoms with van der Waals surface area (Å²) in [6.07, 6.45) is 8.54. The minimum absolute atomic E-state index is 0. The molecule has 0 aromatic carbocycles. The summed E-state index contributed by atoms with van der Waals surface area (Å²) >= 11 is 0. The molecule has 0 aliphatic heterocycles. The fraction of sp³-hybridized carbons (Fsp3) is 0.429. The van der Waals surface area contributed by atoms with Crippen LogP contribution in [-0.2, 0) is 0 Å². The predicted molar refractivity (Wildman–Crippen MR) is 37.6 cm³/mol. The minimum atomic E-state index is 0. The first-order valence-electron chi connectivity index (χ1n) is 2.82. The third-order valence-electron chi connectivity index (χ3n) is 1.78. The summed E-state index contributed by atoms with van der Waals surface area (Å²) < 4.78 is 0. The Morgan fingerprint density at radius 1 is 1.00 bits per heavy atom. The molecular weight excluding hydrogens is 116 g/mol. The Morgan fingerprint density at radius 2 is 1.50 bits per heavy atom. The smallest absolute Gasteiger partial charge is 0 e. The van der Waals surface area contributed by atoms with Crippen LogP contribution in [0, 0.1) is 0 Å². The lowest BCUT2D eigenvalue weighted by Gasteiger charge is -1.87. The van der Waals surface area contributed by atoms with Gasteiger partial charge in [0.25, 0.3) is 0 Å². The molecule has 0 N–H and O–H groups in total. The SMILES string of the molecule is C1=C2CCC(=C1)C2.[S]. The maximum Gasteiger partial charge on any atom is 0 e. The van der Waals surface area contributed by atoms with E-state index < -0.39 is 0 Å². The third-order valence-corrected chi connectivity index (χ3v) is 1.78.